The fraction of sp³-hybridized carbons (Fsp3) is 0.200. The van der Waals surface area contributed by atoms with E-state index in [0.717, 1.165) is 22.8 Å². The van der Waals surface area contributed by atoms with E-state index >= 15 is 0 Å². The average Bonchev–Trinajstić information content (AvgIpc) is 2.40. The van der Waals surface area contributed by atoms with Crippen molar-refractivity contribution in [3.8, 4) is 5.75 Å². The normalized spacial score (nSPS) is 10.3. The Hall–Kier alpha value is -1.61. The number of nitrogens with two attached hydrogens (primary N) is 1. The first kappa shape index (κ1) is 12.8. The fourth-order valence-corrected chi connectivity index (χ4v) is 2.71. The van der Waals surface area contributed by atoms with Crippen LogP contribution in [-0.4, -0.2) is 7.11 Å². The summed E-state index contributed by atoms with van der Waals surface area (Å²) in [5.41, 5.74) is 8.99. The van der Waals surface area contributed by atoms with Gasteiger partial charge in [-0.2, -0.15) is 0 Å². The molecule has 0 aliphatic heterocycles. The Morgan fingerprint density at radius 3 is 2.67 bits per heavy atom. The first-order chi connectivity index (χ1) is 8.70. The molecule has 18 heavy (non-hydrogen) atoms. The molecule has 2 N–H and O–H groups in total. The zero-order chi connectivity index (χ0) is 13.0. The summed E-state index contributed by atoms with van der Waals surface area (Å²) in [7, 11) is 1.71. The van der Waals surface area contributed by atoms with Crippen LogP contribution in [0, 0.1) is 6.92 Å². The lowest BCUT2D eigenvalue weighted by atomic mass is 10.2. The topological polar surface area (TPSA) is 35.2 Å². The molecule has 0 atom stereocenters. The Bertz CT molecular complexity index is 540. The Balaban J connectivity index is 2.09. The number of ether oxygens (including phenoxy) is 1. The van der Waals surface area contributed by atoms with E-state index < -0.39 is 0 Å². The molecule has 0 aromatic heterocycles. The minimum Gasteiger partial charge on any atom is -0.496 e. The van der Waals surface area contributed by atoms with Crippen LogP contribution in [0.3, 0.4) is 0 Å². The summed E-state index contributed by atoms with van der Waals surface area (Å²) in [5.74, 6) is 1.84. The highest BCUT2D eigenvalue weighted by Gasteiger charge is 2.03. The molecule has 0 bridgehead atoms. The van der Waals surface area contributed by atoms with Crippen molar-refractivity contribution in [2.24, 2.45) is 0 Å². The zero-order valence-electron chi connectivity index (χ0n) is 10.6. The van der Waals surface area contributed by atoms with Gasteiger partial charge in [-0.25, -0.2) is 0 Å². The number of rotatable bonds is 4. The van der Waals surface area contributed by atoms with Gasteiger partial charge in [-0.15, -0.1) is 11.8 Å². The monoisotopic (exact) mass is 259 g/mol. The SMILES string of the molecule is COc1ccccc1CSc1ccc(N)c(C)c1. The predicted molar refractivity (Wildman–Crippen MR) is 78.1 cm³/mol. The van der Waals surface area contributed by atoms with Crippen LogP contribution in [0.5, 0.6) is 5.75 Å². The number of anilines is 1. The summed E-state index contributed by atoms with van der Waals surface area (Å²) >= 11 is 1.79. The Kier molecular flexibility index (Phi) is 4.15. The predicted octanol–water partition coefficient (Wildman–Crippen LogP) is 3.88. The minimum absolute atomic E-state index is 0.844. The van der Waals surface area contributed by atoms with Gasteiger partial charge in [0.2, 0.25) is 0 Å². The lowest BCUT2D eigenvalue weighted by Crippen LogP contribution is -1.91. The first-order valence-electron chi connectivity index (χ1n) is 5.81. The molecule has 0 unspecified atom stereocenters. The van der Waals surface area contributed by atoms with Gasteiger partial charge in [0.05, 0.1) is 7.11 Å². The van der Waals surface area contributed by atoms with Crippen LogP contribution < -0.4 is 10.5 Å². The molecular weight excluding hydrogens is 242 g/mol. The van der Waals surface area contributed by atoms with Crippen LogP contribution in [0.25, 0.3) is 0 Å². The van der Waals surface area contributed by atoms with E-state index in [1.165, 1.54) is 10.5 Å². The van der Waals surface area contributed by atoms with E-state index in [1.54, 1.807) is 18.9 Å². The van der Waals surface area contributed by atoms with Crippen molar-refractivity contribution in [2.45, 2.75) is 17.6 Å². The lowest BCUT2D eigenvalue weighted by Gasteiger charge is -2.08. The van der Waals surface area contributed by atoms with Crippen molar-refractivity contribution in [3.05, 3.63) is 53.6 Å². The van der Waals surface area contributed by atoms with Crippen LogP contribution in [0.15, 0.2) is 47.4 Å². The summed E-state index contributed by atoms with van der Waals surface area (Å²) in [6, 6.07) is 14.2. The molecule has 0 fully saturated rings. The highest BCUT2D eigenvalue weighted by molar-refractivity contribution is 7.98. The number of para-hydroxylation sites is 1. The molecule has 0 saturated heterocycles. The lowest BCUT2D eigenvalue weighted by molar-refractivity contribution is 0.411. The summed E-state index contributed by atoms with van der Waals surface area (Å²) in [6.45, 7) is 2.03. The van der Waals surface area contributed by atoms with Crippen molar-refractivity contribution in [3.63, 3.8) is 0 Å². The van der Waals surface area contributed by atoms with Crippen LogP contribution >= 0.6 is 11.8 Å². The fourth-order valence-electron chi connectivity index (χ4n) is 1.72. The van der Waals surface area contributed by atoms with Crippen LogP contribution in [0.1, 0.15) is 11.1 Å². The molecule has 0 saturated carbocycles. The second-order valence-corrected chi connectivity index (χ2v) is 5.17. The van der Waals surface area contributed by atoms with Gasteiger partial charge in [0.1, 0.15) is 5.75 Å². The van der Waals surface area contributed by atoms with Crippen molar-refractivity contribution >= 4 is 17.4 Å². The highest BCUT2D eigenvalue weighted by Crippen LogP contribution is 2.29. The van der Waals surface area contributed by atoms with Crippen LogP contribution in [0.2, 0.25) is 0 Å². The number of hydrogen-bond donors (Lipinski definition) is 1. The third-order valence-electron chi connectivity index (χ3n) is 2.83. The molecule has 2 nitrogen and oxygen atoms in total. The number of aryl methyl sites for hydroxylation is 1. The number of thioether (sulfide) groups is 1. The van der Waals surface area contributed by atoms with Crippen molar-refractivity contribution < 1.29 is 4.74 Å². The molecule has 94 valence electrons. The zero-order valence-corrected chi connectivity index (χ0v) is 11.5. The van der Waals surface area contributed by atoms with E-state index in [-0.39, 0.29) is 0 Å². The smallest absolute Gasteiger partial charge is 0.122 e. The molecule has 0 amide bonds. The van der Waals surface area contributed by atoms with Crippen molar-refractivity contribution in [2.75, 3.05) is 12.8 Å². The third kappa shape index (κ3) is 2.99. The minimum atomic E-state index is 0.844. The van der Waals surface area contributed by atoms with Gasteiger partial charge < -0.3 is 10.5 Å². The average molecular weight is 259 g/mol. The Labute approximate surface area is 112 Å². The number of nitrogen functional groups attached to an aromatic ring is 1. The van der Waals surface area contributed by atoms with Gasteiger partial charge in [0.25, 0.3) is 0 Å². The molecule has 0 aliphatic rings. The molecule has 0 radical (unpaired) electrons. The van der Waals surface area contributed by atoms with Crippen LogP contribution in [0.4, 0.5) is 5.69 Å². The Morgan fingerprint density at radius 1 is 1.17 bits per heavy atom. The molecule has 2 aromatic rings. The second-order valence-electron chi connectivity index (χ2n) is 4.12. The van der Waals surface area contributed by atoms with Gasteiger partial charge in [0, 0.05) is 21.9 Å². The molecule has 2 rings (SSSR count). The number of benzene rings is 2. The standard InChI is InChI=1S/C15H17NOS/c1-11-9-13(7-8-14(11)16)18-10-12-5-3-4-6-15(12)17-2/h3-9H,10,16H2,1-2H3. The van der Waals surface area contributed by atoms with Gasteiger partial charge in [-0.05, 0) is 36.8 Å². The molecule has 0 spiro atoms. The quantitative estimate of drug-likeness (QED) is 0.668. The van der Waals surface area contributed by atoms with Crippen LogP contribution in [-0.2, 0) is 5.75 Å². The molecule has 3 heteroatoms. The van der Waals surface area contributed by atoms with E-state index in [2.05, 4.69) is 18.2 Å². The third-order valence-corrected chi connectivity index (χ3v) is 3.87. The molecule has 0 heterocycles. The summed E-state index contributed by atoms with van der Waals surface area (Å²) in [6.07, 6.45) is 0. The van der Waals surface area contributed by atoms with E-state index in [4.69, 9.17) is 10.5 Å². The van der Waals surface area contributed by atoms with E-state index in [0.29, 0.717) is 0 Å². The maximum atomic E-state index is 5.81. The van der Waals surface area contributed by atoms with Gasteiger partial charge in [0.15, 0.2) is 0 Å². The highest BCUT2D eigenvalue weighted by atomic mass is 32.2. The Morgan fingerprint density at radius 2 is 1.94 bits per heavy atom. The van der Waals surface area contributed by atoms with E-state index in [1.807, 2.05) is 31.2 Å². The van der Waals surface area contributed by atoms with Crippen molar-refractivity contribution in [1.29, 1.82) is 0 Å². The van der Waals surface area contributed by atoms with Gasteiger partial charge in [-0.1, -0.05) is 18.2 Å². The molecule has 0 aliphatic carbocycles. The maximum absolute atomic E-state index is 5.81. The summed E-state index contributed by atoms with van der Waals surface area (Å²) < 4.78 is 5.34. The first-order valence-corrected chi connectivity index (χ1v) is 6.80. The largest absolute Gasteiger partial charge is 0.496 e. The van der Waals surface area contributed by atoms with E-state index in [9.17, 15) is 0 Å². The number of methoxy groups -OCH3 is 1. The van der Waals surface area contributed by atoms with Crippen molar-refractivity contribution in [1.82, 2.24) is 0 Å². The molecule has 2 aromatic carbocycles. The summed E-state index contributed by atoms with van der Waals surface area (Å²) in [4.78, 5) is 1.23. The maximum Gasteiger partial charge on any atom is 0.122 e. The van der Waals surface area contributed by atoms with Gasteiger partial charge >= 0.3 is 0 Å². The van der Waals surface area contributed by atoms with Gasteiger partial charge in [-0.3, -0.25) is 0 Å². The summed E-state index contributed by atoms with van der Waals surface area (Å²) in [5, 5.41) is 0. The molecular formula is C15H17NOS. The number of hydrogen-bond acceptors (Lipinski definition) is 3. The second kappa shape index (κ2) is 5.83.